The Labute approximate surface area is 104 Å². The zero-order valence-electron chi connectivity index (χ0n) is 10.2. The molecule has 0 aliphatic rings. The SMILES string of the molecule is CCCNC(=O)CS(=O)c1cccc(C)c1N. The van der Waals surface area contributed by atoms with E-state index < -0.39 is 10.8 Å². The van der Waals surface area contributed by atoms with Crippen LogP contribution in [0.4, 0.5) is 5.69 Å². The van der Waals surface area contributed by atoms with Gasteiger partial charge in [0, 0.05) is 6.54 Å². The van der Waals surface area contributed by atoms with Crippen molar-refractivity contribution < 1.29 is 9.00 Å². The predicted molar refractivity (Wildman–Crippen MR) is 70.2 cm³/mol. The summed E-state index contributed by atoms with van der Waals surface area (Å²) in [6.07, 6.45) is 0.866. The minimum absolute atomic E-state index is 0.0341. The highest BCUT2D eigenvalue weighted by Gasteiger charge is 2.13. The van der Waals surface area contributed by atoms with Gasteiger partial charge in [0.2, 0.25) is 5.91 Å². The Balaban J connectivity index is 2.70. The first kappa shape index (κ1) is 13.7. The maximum Gasteiger partial charge on any atom is 0.233 e. The van der Waals surface area contributed by atoms with E-state index in [0.29, 0.717) is 17.1 Å². The molecular formula is C12H18N2O2S. The van der Waals surface area contributed by atoms with E-state index in [2.05, 4.69) is 5.32 Å². The molecular weight excluding hydrogens is 236 g/mol. The number of nitrogens with one attached hydrogen (secondary N) is 1. The van der Waals surface area contributed by atoms with Crippen LogP contribution in [-0.2, 0) is 15.6 Å². The summed E-state index contributed by atoms with van der Waals surface area (Å²) in [5, 5.41) is 2.69. The lowest BCUT2D eigenvalue weighted by Gasteiger charge is -2.08. The van der Waals surface area contributed by atoms with Crippen molar-refractivity contribution in [3.05, 3.63) is 23.8 Å². The molecule has 17 heavy (non-hydrogen) atoms. The lowest BCUT2D eigenvalue weighted by Crippen LogP contribution is -2.29. The van der Waals surface area contributed by atoms with E-state index >= 15 is 0 Å². The largest absolute Gasteiger partial charge is 0.398 e. The first-order valence-corrected chi connectivity index (χ1v) is 6.88. The van der Waals surface area contributed by atoms with Crippen molar-refractivity contribution in [2.24, 2.45) is 0 Å². The second-order valence-corrected chi connectivity index (χ2v) is 5.25. The topological polar surface area (TPSA) is 72.2 Å². The third kappa shape index (κ3) is 3.85. The molecule has 1 unspecified atom stereocenters. The molecule has 3 N–H and O–H groups in total. The van der Waals surface area contributed by atoms with Gasteiger partial charge in [0.25, 0.3) is 0 Å². The molecule has 4 nitrogen and oxygen atoms in total. The van der Waals surface area contributed by atoms with Gasteiger partial charge < -0.3 is 11.1 Å². The quantitative estimate of drug-likeness (QED) is 0.776. The molecule has 1 aromatic rings. The summed E-state index contributed by atoms with van der Waals surface area (Å²) in [4.78, 5) is 12.0. The average Bonchev–Trinajstić information content (AvgIpc) is 2.29. The lowest BCUT2D eigenvalue weighted by molar-refractivity contribution is -0.118. The molecule has 1 aromatic carbocycles. The Morgan fingerprint density at radius 1 is 1.47 bits per heavy atom. The second-order valence-electron chi connectivity index (χ2n) is 3.83. The highest BCUT2D eigenvalue weighted by molar-refractivity contribution is 7.86. The van der Waals surface area contributed by atoms with Crippen LogP contribution >= 0.6 is 0 Å². The molecule has 0 fully saturated rings. The number of anilines is 1. The van der Waals surface area contributed by atoms with E-state index in [9.17, 15) is 9.00 Å². The van der Waals surface area contributed by atoms with Gasteiger partial charge in [-0.05, 0) is 25.0 Å². The van der Waals surface area contributed by atoms with Gasteiger partial charge in [-0.3, -0.25) is 9.00 Å². The first-order valence-electron chi connectivity index (χ1n) is 5.56. The molecule has 0 spiro atoms. The molecule has 0 saturated heterocycles. The predicted octanol–water partition coefficient (Wildman–Crippen LogP) is 1.21. The van der Waals surface area contributed by atoms with Crippen LogP contribution in [0.25, 0.3) is 0 Å². The van der Waals surface area contributed by atoms with Gasteiger partial charge in [-0.1, -0.05) is 19.1 Å². The van der Waals surface area contributed by atoms with Gasteiger partial charge in [-0.2, -0.15) is 0 Å². The van der Waals surface area contributed by atoms with Crippen molar-refractivity contribution in [3.63, 3.8) is 0 Å². The van der Waals surface area contributed by atoms with E-state index in [4.69, 9.17) is 5.73 Å². The molecule has 0 saturated carbocycles. The van der Waals surface area contributed by atoms with E-state index in [-0.39, 0.29) is 11.7 Å². The molecule has 0 aliphatic carbocycles. The molecule has 1 atom stereocenters. The zero-order valence-corrected chi connectivity index (χ0v) is 11.0. The Morgan fingerprint density at radius 2 is 2.18 bits per heavy atom. The molecule has 0 aliphatic heterocycles. The first-order chi connectivity index (χ1) is 8.06. The molecule has 94 valence electrons. The summed E-state index contributed by atoms with van der Waals surface area (Å²) in [6.45, 7) is 4.43. The van der Waals surface area contributed by atoms with Crippen molar-refractivity contribution >= 4 is 22.4 Å². The Bertz CT molecular complexity index is 433. The number of carbonyl (C=O) groups is 1. The monoisotopic (exact) mass is 254 g/mol. The van der Waals surface area contributed by atoms with Crippen molar-refractivity contribution in [1.29, 1.82) is 0 Å². The Kier molecular flexibility index (Phi) is 5.15. The van der Waals surface area contributed by atoms with Gasteiger partial charge in [0.1, 0.15) is 5.75 Å². The molecule has 5 heteroatoms. The van der Waals surface area contributed by atoms with E-state index in [1.807, 2.05) is 19.9 Å². The van der Waals surface area contributed by atoms with E-state index in [1.54, 1.807) is 12.1 Å². The molecule has 1 rings (SSSR count). The molecule has 0 radical (unpaired) electrons. The third-order valence-corrected chi connectivity index (χ3v) is 3.73. The van der Waals surface area contributed by atoms with Crippen molar-refractivity contribution in [2.45, 2.75) is 25.2 Å². The minimum Gasteiger partial charge on any atom is -0.398 e. The number of nitrogen functional groups attached to an aromatic ring is 1. The maximum absolute atomic E-state index is 12.0. The van der Waals surface area contributed by atoms with Gasteiger partial charge >= 0.3 is 0 Å². The molecule has 0 heterocycles. The van der Waals surface area contributed by atoms with Gasteiger partial charge in [-0.15, -0.1) is 0 Å². The number of nitrogens with two attached hydrogens (primary N) is 1. The fourth-order valence-corrected chi connectivity index (χ4v) is 2.50. The van der Waals surface area contributed by atoms with Crippen molar-refractivity contribution in [3.8, 4) is 0 Å². The number of hydrogen-bond donors (Lipinski definition) is 2. The van der Waals surface area contributed by atoms with Crippen molar-refractivity contribution in [1.82, 2.24) is 5.32 Å². The average molecular weight is 254 g/mol. The van der Waals surface area contributed by atoms with E-state index in [0.717, 1.165) is 12.0 Å². The number of hydrogen-bond acceptors (Lipinski definition) is 3. The summed E-state index contributed by atoms with van der Waals surface area (Å²) in [5.74, 6) is -0.237. The normalized spacial score (nSPS) is 12.1. The second kappa shape index (κ2) is 6.39. The fraction of sp³-hybridized carbons (Fsp3) is 0.417. The smallest absolute Gasteiger partial charge is 0.233 e. The molecule has 0 aromatic heterocycles. The number of rotatable bonds is 5. The summed E-state index contributed by atoms with van der Waals surface area (Å²) in [6, 6.07) is 5.35. The Hall–Kier alpha value is -1.36. The highest BCUT2D eigenvalue weighted by atomic mass is 32.2. The van der Waals surface area contributed by atoms with Crippen LogP contribution in [-0.4, -0.2) is 22.4 Å². The molecule has 0 bridgehead atoms. The summed E-state index contributed by atoms with van der Waals surface area (Å²) in [5.41, 5.74) is 7.22. The number of aryl methyl sites for hydroxylation is 1. The number of benzene rings is 1. The van der Waals surface area contributed by atoms with E-state index in [1.165, 1.54) is 0 Å². The number of amides is 1. The van der Waals surface area contributed by atoms with Gasteiger partial charge in [0.15, 0.2) is 0 Å². The molecule has 1 amide bonds. The number of carbonyl (C=O) groups excluding carboxylic acids is 1. The zero-order chi connectivity index (χ0) is 12.8. The van der Waals surface area contributed by atoms with Crippen LogP contribution in [0.3, 0.4) is 0 Å². The van der Waals surface area contributed by atoms with Crippen LogP contribution in [0.15, 0.2) is 23.1 Å². The van der Waals surface area contributed by atoms with Crippen LogP contribution in [0.1, 0.15) is 18.9 Å². The summed E-state index contributed by atoms with van der Waals surface area (Å²) < 4.78 is 12.0. The minimum atomic E-state index is -1.38. The van der Waals surface area contributed by atoms with Crippen LogP contribution in [0.5, 0.6) is 0 Å². The van der Waals surface area contributed by atoms with Crippen LogP contribution in [0.2, 0.25) is 0 Å². The summed E-state index contributed by atoms with van der Waals surface area (Å²) >= 11 is 0. The van der Waals surface area contributed by atoms with Crippen molar-refractivity contribution in [2.75, 3.05) is 18.0 Å². The third-order valence-electron chi connectivity index (χ3n) is 2.36. The van der Waals surface area contributed by atoms with Crippen LogP contribution in [0, 0.1) is 6.92 Å². The lowest BCUT2D eigenvalue weighted by atomic mass is 10.2. The van der Waals surface area contributed by atoms with Gasteiger partial charge in [-0.25, -0.2) is 0 Å². The summed E-state index contributed by atoms with van der Waals surface area (Å²) in [7, 11) is -1.38. The number of para-hydroxylation sites is 1. The Morgan fingerprint density at radius 3 is 2.82 bits per heavy atom. The standard InChI is InChI=1S/C12H18N2O2S/c1-3-7-14-11(15)8-17(16)10-6-4-5-9(2)12(10)13/h4-6H,3,7-8,13H2,1-2H3,(H,14,15). The highest BCUT2D eigenvalue weighted by Crippen LogP contribution is 2.20. The fourth-order valence-electron chi connectivity index (χ4n) is 1.36. The van der Waals surface area contributed by atoms with Gasteiger partial charge in [0.05, 0.1) is 21.4 Å². The van der Waals surface area contributed by atoms with Crippen LogP contribution < -0.4 is 11.1 Å². The maximum atomic E-state index is 12.0.